The van der Waals surface area contributed by atoms with E-state index in [9.17, 15) is 13.6 Å². The summed E-state index contributed by atoms with van der Waals surface area (Å²) in [6, 6.07) is 13.4. The number of ether oxygens (including phenoxy) is 2. The Morgan fingerprint density at radius 2 is 1.60 bits per heavy atom. The Morgan fingerprint density at radius 3 is 2.25 bits per heavy atom. The van der Waals surface area contributed by atoms with Crippen molar-refractivity contribution in [1.29, 1.82) is 0 Å². The van der Waals surface area contributed by atoms with Crippen LogP contribution in [-0.2, 0) is 16.1 Å². The second-order valence-electron chi connectivity index (χ2n) is 9.40. The Kier molecular flexibility index (Phi) is 8.25. The first-order valence-corrected chi connectivity index (χ1v) is 12.9. The minimum atomic E-state index is -0.380. The molecule has 208 valence electrons. The maximum absolute atomic E-state index is 13.6. The molecular weight excluding hydrogens is 520 g/mol. The quantitative estimate of drug-likeness (QED) is 0.313. The van der Waals surface area contributed by atoms with E-state index in [4.69, 9.17) is 9.47 Å². The number of nitrogens with zero attached hydrogens (tertiary/aromatic N) is 7. The topological polar surface area (TPSA) is 98.5 Å². The van der Waals surface area contributed by atoms with Gasteiger partial charge >= 0.3 is 0 Å². The zero-order valence-electron chi connectivity index (χ0n) is 22.2. The molecule has 3 heterocycles. The molecule has 0 spiro atoms. The third-order valence-electron chi connectivity index (χ3n) is 6.47. The summed E-state index contributed by atoms with van der Waals surface area (Å²) in [5.74, 6) is 1.07. The molecule has 10 nitrogen and oxygen atoms in total. The standard InChI is InChI=1S/C28H29F2N7O3/c1-19(17-39-2)40-25-15-24(31-18-32-25)35-11-13-36(14-12-35)26(38)16-37-28(21-5-9-23(30)10-6-21)33-27(34-37)20-3-7-22(29)8-4-20/h3-10,15,18-19H,11-14,16-17H2,1-2H3/t19-/m0/s1. The molecule has 1 amide bonds. The van der Waals surface area contributed by atoms with Crippen molar-refractivity contribution in [2.75, 3.05) is 44.8 Å². The molecule has 1 fully saturated rings. The van der Waals surface area contributed by atoms with E-state index >= 15 is 0 Å². The molecule has 5 rings (SSSR count). The Hall–Kier alpha value is -4.45. The van der Waals surface area contributed by atoms with E-state index in [-0.39, 0.29) is 30.2 Å². The van der Waals surface area contributed by atoms with Crippen LogP contribution < -0.4 is 9.64 Å². The SMILES string of the molecule is COC[C@H](C)Oc1cc(N2CCN(C(=O)Cn3nc(-c4ccc(F)cc4)nc3-c3ccc(F)cc3)CC2)ncn1. The minimum absolute atomic E-state index is 0.0518. The zero-order chi connectivity index (χ0) is 28.1. The van der Waals surface area contributed by atoms with Crippen molar-refractivity contribution in [2.24, 2.45) is 0 Å². The van der Waals surface area contributed by atoms with Crippen molar-refractivity contribution in [3.8, 4) is 28.7 Å². The molecule has 0 bridgehead atoms. The van der Waals surface area contributed by atoms with Gasteiger partial charge in [-0.15, -0.1) is 5.10 Å². The van der Waals surface area contributed by atoms with Crippen LogP contribution >= 0.6 is 0 Å². The van der Waals surface area contributed by atoms with Crippen molar-refractivity contribution in [2.45, 2.75) is 19.6 Å². The van der Waals surface area contributed by atoms with Crippen LogP contribution in [0, 0.1) is 11.6 Å². The van der Waals surface area contributed by atoms with E-state index in [1.165, 1.54) is 35.3 Å². The average Bonchev–Trinajstić information content (AvgIpc) is 3.37. The van der Waals surface area contributed by atoms with E-state index in [1.54, 1.807) is 42.3 Å². The van der Waals surface area contributed by atoms with Gasteiger partial charge in [-0.3, -0.25) is 4.79 Å². The van der Waals surface area contributed by atoms with Gasteiger partial charge in [0.1, 0.15) is 36.4 Å². The van der Waals surface area contributed by atoms with E-state index < -0.39 is 0 Å². The molecular formula is C28H29F2N7O3. The van der Waals surface area contributed by atoms with Gasteiger partial charge in [-0.05, 0) is 55.5 Å². The van der Waals surface area contributed by atoms with Gasteiger partial charge in [-0.25, -0.2) is 28.4 Å². The van der Waals surface area contributed by atoms with Crippen molar-refractivity contribution in [3.05, 3.63) is 72.6 Å². The van der Waals surface area contributed by atoms with E-state index in [0.717, 1.165) is 5.82 Å². The number of carbonyl (C=O) groups is 1. The van der Waals surface area contributed by atoms with E-state index in [0.29, 0.717) is 61.4 Å². The monoisotopic (exact) mass is 549 g/mol. The number of halogens is 2. The molecule has 0 aliphatic carbocycles. The van der Waals surface area contributed by atoms with Crippen LogP contribution in [0.2, 0.25) is 0 Å². The van der Waals surface area contributed by atoms with Crippen LogP contribution in [0.15, 0.2) is 60.9 Å². The second-order valence-corrected chi connectivity index (χ2v) is 9.40. The molecule has 0 radical (unpaired) electrons. The first-order valence-electron chi connectivity index (χ1n) is 12.9. The predicted octanol–water partition coefficient (Wildman–Crippen LogP) is 3.44. The predicted molar refractivity (Wildman–Crippen MR) is 144 cm³/mol. The van der Waals surface area contributed by atoms with E-state index in [1.807, 2.05) is 6.92 Å². The summed E-state index contributed by atoms with van der Waals surface area (Å²) in [4.78, 5) is 30.3. The lowest BCUT2D eigenvalue weighted by Crippen LogP contribution is -2.50. The van der Waals surface area contributed by atoms with Crippen molar-refractivity contribution >= 4 is 11.7 Å². The number of aromatic nitrogens is 5. The highest BCUT2D eigenvalue weighted by molar-refractivity contribution is 5.77. The molecule has 1 saturated heterocycles. The number of hydrogen-bond acceptors (Lipinski definition) is 8. The molecule has 2 aromatic heterocycles. The molecule has 40 heavy (non-hydrogen) atoms. The number of carbonyl (C=O) groups excluding carboxylic acids is 1. The van der Waals surface area contributed by atoms with Crippen molar-refractivity contribution in [3.63, 3.8) is 0 Å². The Morgan fingerprint density at radius 1 is 0.950 bits per heavy atom. The normalized spacial score (nSPS) is 14.3. The lowest BCUT2D eigenvalue weighted by Gasteiger charge is -2.35. The van der Waals surface area contributed by atoms with Gasteiger partial charge in [0.25, 0.3) is 0 Å². The summed E-state index contributed by atoms with van der Waals surface area (Å²) in [7, 11) is 1.61. The first-order chi connectivity index (χ1) is 19.4. The fourth-order valence-electron chi connectivity index (χ4n) is 4.44. The maximum Gasteiger partial charge on any atom is 0.244 e. The lowest BCUT2D eigenvalue weighted by atomic mass is 10.2. The van der Waals surface area contributed by atoms with Gasteiger partial charge in [0.2, 0.25) is 11.8 Å². The van der Waals surface area contributed by atoms with Gasteiger partial charge in [-0.1, -0.05) is 0 Å². The van der Waals surface area contributed by atoms with Gasteiger partial charge in [-0.2, -0.15) is 0 Å². The number of rotatable bonds is 9. The third kappa shape index (κ3) is 6.40. The second kappa shape index (κ2) is 12.2. The summed E-state index contributed by atoms with van der Waals surface area (Å²) in [6.07, 6.45) is 1.31. The smallest absolute Gasteiger partial charge is 0.244 e. The molecule has 0 saturated carbocycles. The largest absolute Gasteiger partial charge is 0.472 e. The highest BCUT2D eigenvalue weighted by Crippen LogP contribution is 2.24. The first kappa shape index (κ1) is 27.1. The number of anilines is 1. The summed E-state index contributed by atoms with van der Waals surface area (Å²) < 4.78 is 39.4. The van der Waals surface area contributed by atoms with Crippen LogP contribution in [0.5, 0.6) is 5.88 Å². The number of amides is 1. The highest BCUT2D eigenvalue weighted by Gasteiger charge is 2.24. The van der Waals surface area contributed by atoms with Gasteiger partial charge in [0, 0.05) is 50.5 Å². The Labute approximate surface area is 230 Å². The van der Waals surface area contributed by atoms with Gasteiger partial charge in [0.15, 0.2) is 11.6 Å². The van der Waals surface area contributed by atoms with Crippen LogP contribution in [0.4, 0.5) is 14.6 Å². The number of methoxy groups -OCH3 is 1. The van der Waals surface area contributed by atoms with E-state index in [2.05, 4.69) is 25.0 Å². The van der Waals surface area contributed by atoms with Crippen LogP contribution in [-0.4, -0.2) is 81.5 Å². The Bertz CT molecular complexity index is 1440. The Balaban J connectivity index is 1.28. The number of piperazine rings is 1. The average molecular weight is 550 g/mol. The van der Waals surface area contributed by atoms with Gasteiger partial charge in [0.05, 0.1) is 6.61 Å². The lowest BCUT2D eigenvalue weighted by molar-refractivity contribution is -0.132. The number of hydrogen-bond donors (Lipinski definition) is 0. The summed E-state index contributed by atoms with van der Waals surface area (Å²) >= 11 is 0. The van der Waals surface area contributed by atoms with Crippen LogP contribution in [0.25, 0.3) is 22.8 Å². The highest BCUT2D eigenvalue weighted by atomic mass is 19.1. The molecule has 0 N–H and O–H groups in total. The molecule has 12 heteroatoms. The fourth-order valence-corrected chi connectivity index (χ4v) is 4.44. The molecule has 2 aromatic carbocycles. The summed E-state index contributed by atoms with van der Waals surface area (Å²) in [5.41, 5.74) is 1.22. The van der Waals surface area contributed by atoms with Crippen LogP contribution in [0.1, 0.15) is 6.92 Å². The number of benzene rings is 2. The van der Waals surface area contributed by atoms with Crippen molar-refractivity contribution in [1.82, 2.24) is 29.6 Å². The van der Waals surface area contributed by atoms with Crippen LogP contribution in [0.3, 0.4) is 0 Å². The fraction of sp³-hybridized carbons (Fsp3) is 0.321. The minimum Gasteiger partial charge on any atom is -0.472 e. The molecule has 1 aliphatic heterocycles. The summed E-state index contributed by atoms with van der Waals surface area (Å²) in [5, 5.41) is 4.54. The summed E-state index contributed by atoms with van der Waals surface area (Å²) in [6.45, 7) is 4.44. The maximum atomic E-state index is 13.6. The molecule has 1 atom stereocenters. The third-order valence-corrected chi connectivity index (χ3v) is 6.47. The van der Waals surface area contributed by atoms with Crippen molar-refractivity contribution < 1.29 is 23.0 Å². The van der Waals surface area contributed by atoms with Gasteiger partial charge < -0.3 is 19.3 Å². The zero-order valence-corrected chi connectivity index (χ0v) is 22.2. The molecule has 0 unspecified atom stereocenters. The molecule has 1 aliphatic rings. The molecule has 4 aromatic rings.